The zero-order valence-corrected chi connectivity index (χ0v) is 16.0. The Labute approximate surface area is 152 Å². The SMILES string of the molecule is CC(C)CCCNC(=O)C1Cc2ccccc2CN1C(=O)CC(C)C. The minimum Gasteiger partial charge on any atom is -0.354 e. The molecule has 25 heavy (non-hydrogen) atoms. The molecule has 1 aliphatic rings. The maximum Gasteiger partial charge on any atom is 0.243 e. The zero-order valence-electron chi connectivity index (χ0n) is 16.0. The van der Waals surface area contributed by atoms with Gasteiger partial charge in [0.15, 0.2) is 0 Å². The van der Waals surface area contributed by atoms with Gasteiger partial charge in [-0.15, -0.1) is 0 Å². The fraction of sp³-hybridized carbons (Fsp3) is 0.619. The van der Waals surface area contributed by atoms with Gasteiger partial charge in [0.1, 0.15) is 6.04 Å². The molecule has 0 aromatic heterocycles. The molecule has 2 rings (SSSR count). The summed E-state index contributed by atoms with van der Waals surface area (Å²) in [7, 11) is 0. The van der Waals surface area contributed by atoms with Crippen molar-refractivity contribution in [2.75, 3.05) is 6.54 Å². The molecule has 4 heteroatoms. The molecule has 138 valence electrons. The number of nitrogens with one attached hydrogen (secondary N) is 1. The monoisotopic (exact) mass is 344 g/mol. The summed E-state index contributed by atoms with van der Waals surface area (Å²) in [6.07, 6.45) is 3.17. The van der Waals surface area contributed by atoms with Crippen LogP contribution in [0.5, 0.6) is 0 Å². The summed E-state index contributed by atoms with van der Waals surface area (Å²) >= 11 is 0. The molecule has 1 aromatic carbocycles. The average Bonchev–Trinajstić information content (AvgIpc) is 2.56. The number of fused-ring (bicyclic) bond motifs is 1. The second kappa shape index (κ2) is 9.02. The normalized spacial score (nSPS) is 16.9. The van der Waals surface area contributed by atoms with Crippen LogP contribution in [0.1, 0.15) is 58.1 Å². The van der Waals surface area contributed by atoms with E-state index in [1.165, 1.54) is 5.56 Å². The maximum atomic E-state index is 12.7. The summed E-state index contributed by atoms with van der Waals surface area (Å²) in [6, 6.07) is 7.73. The van der Waals surface area contributed by atoms with Crippen LogP contribution in [0.25, 0.3) is 0 Å². The second-order valence-electron chi connectivity index (χ2n) is 7.94. The van der Waals surface area contributed by atoms with E-state index in [4.69, 9.17) is 0 Å². The molecule has 0 radical (unpaired) electrons. The van der Waals surface area contributed by atoms with Crippen LogP contribution in [0.15, 0.2) is 24.3 Å². The van der Waals surface area contributed by atoms with Gasteiger partial charge in [-0.1, -0.05) is 52.0 Å². The molecule has 0 fully saturated rings. The molecule has 1 aromatic rings. The molecule has 0 spiro atoms. The van der Waals surface area contributed by atoms with E-state index in [0.29, 0.717) is 37.8 Å². The van der Waals surface area contributed by atoms with E-state index in [9.17, 15) is 9.59 Å². The lowest BCUT2D eigenvalue weighted by atomic mass is 9.92. The van der Waals surface area contributed by atoms with Crippen molar-refractivity contribution in [1.29, 1.82) is 0 Å². The number of carbonyl (C=O) groups is 2. The average molecular weight is 344 g/mol. The van der Waals surface area contributed by atoms with Crippen molar-refractivity contribution in [3.63, 3.8) is 0 Å². The van der Waals surface area contributed by atoms with E-state index < -0.39 is 0 Å². The minimum absolute atomic E-state index is 0.0182. The number of amides is 2. The predicted molar refractivity (Wildman–Crippen MR) is 101 cm³/mol. The molecule has 1 atom stereocenters. The molecule has 0 aliphatic carbocycles. The number of carbonyl (C=O) groups excluding carboxylic acids is 2. The number of rotatable bonds is 7. The summed E-state index contributed by atoms with van der Waals surface area (Å²) in [5, 5.41) is 3.04. The van der Waals surface area contributed by atoms with Crippen LogP contribution in [-0.4, -0.2) is 29.3 Å². The Hall–Kier alpha value is -1.84. The Morgan fingerprint density at radius 2 is 1.80 bits per heavy atom. The van der Waals surface area contributed by atoms with Crippen LogP contribution in [0.4, 0.5) is 0 Å². The highest BCUT2D eigenvalue weighted by Crippen LogP contribution is 2.25. The number of hydrogen-bond acceptors (Lipinski definition) is 2. The first-order chi connectivity index (χ1) is 11.9. The Morgan fingerprint density at radius 3 is 2.44 bits per heavy atom. The standard InChI is InChI=1S/C21H32N2O2/c1-15(2)8-7-11-22-21(25)19-13-17-9-5-6-10-18(17)14-23(19)20(24)12-16(3)4/h5-6,9-10,15-16,19H,7-8,11-14H2,1-4H3,(H,22,25). The van der Waals surface area contributed by atoms with Crippen molar-refractivity contribution in [2.24, 2.45) is 11.8 Å². The number of hydrogen-bond donors (Lipinski definition) is 1. The second-order valence-corrected chi connectivity index (χ2v) is 7.94. The largest absolute Gasteiger partial charge is 0.354 e. The van der Waals surface area contributed by atoms with Gasteiger partial charge in [0.25, 0.3) is 0 Å². The van der Waals surface area contributed by atoms with Gasteiger partial charge in [-0.25, -0.2) is 0 Å². The van der Waals surface area contributed by atoms with Crippen LogP contribution < -0.4 is 5.32 Å². The highest BCUT2D eigenvalue weighted by Gasteiger charge is 2.34. The number of benzene rings is 1. The Balaban J connectivity index is 2.08. The van der Waals surface area contributed by atoms with Gasteiger partial charge < -0.3 is 10.2 Å². The first kappa shape index (κ1) is 19.5. The van der Waals surface area contributed by atoms with E-state index in [0.717, 1.165) is 18.4 Å². The van der Waals surface area contributed by atoms with Crippen molar-refractivity contribution in [1.82, 2.24) is 10.2 Å². The molecule has 1 unspecified atom stereocenters. The van der Waals surface area contributed by atoms with E-state index in [2.05, 4.69) is 31.3 Å². The smallest absolute Gasteiger partial charge is 0.243 e. The Morgan fingerprint density at radius 1 is 1.12 bits per heavy atom. The van der Waals surface area contributed by atoms with Gasteiger partial charge >= 0.3 is 0 Å². The fourth-order valence-electron chi connectivity index (χ4n) is 3.33. The molecular weight excluding hydrogens is 312 g/mol. The Bertz CT molecular complexity index is 595. The third-order valence-electron chi connectivity index (χ3n) is 4.71. The van der Waals surface area contributed by atoms with Crippen LogP contribution >= 0.6 is 0 Å². The molecule has 4 nitrogen and oxygen atoms in total. The van der Waals surface area contributed by atoms with Crippen LogP contribution in [-0.2, 0) is 22.6 Å². The topological polar surface area (TPSA) is 49.4 Å². The molecular formula is C21H32N2O2. The van der Waals surface area contributed by atoms with E-state index in [1.54, 1.807) is 4.90 Å². The van der Waals surface area contributed by atoms with Crippen LogP contribution in [0.3, 0.4) is 0 Å². The molecule has 1 N–H and O–H groups in total. The van der Waals surface area contributed by atoms with Crippen molar-refractivity contribution in [2.45, 2.75) is 66.0 Å². The summed E-state index contributed by atoms with van der Waals surface area (Å²) in [5.41, 5.74) is 2.34. The molecule has 0 bridgehead atoms. The molecule has 0 saturated carbocycles. The lowest BCUT2D eigenvalue weighted by Crippen LogP contribution is -2.52. The summed E-state index contributed by atoms with van der Waals surface area (Å²) in [4.78, 5) is 27.2. The fourth-order valence-corrected chi connectivity index (χ4v) is 3.33. The zero-order chi connectivity index (χ0) is 18.4. The van der Waals surface area contributed by atoms with Crippen LogP contribution in [0.2, 0.25) is 0 Å². The first-order valence-corrected chi connectivity index (χ1v) is 9.52. The lowest BCUT2D eigenvalue weighted by Gasteiger charge is -2.36. The molecule has 1 aliphatic heterocycles. The first-order valence-electron chi connectivity index (χ1n) is 9.52. The van der Waals surface area contributed by atoms with Crippen molar-refractivity contribution in [3.05, 3.63) is 35.4 Å². The summed E-state index contributed by atoms with van der Waals surface area (Å²) in [6.45, 7) is 9.67. The lowest BCUT2D eigenvalue weighted by molar-refractivity contribution is -0.142. The van der Waals surface area contributed by atoms with Crippen molar-refractivity contribution >= 4 is 11.8 Å². The molecule has 2 amide bonds. The van der Waals surface area contributed by atoms with Gasteiger partial charge in [-0.3, -0.25) is 9.59 Å². The van der Waals surface area contributed by atoms with Gasteiger partial charge in [0.05, 0.1) is 0 Å². The quantitative estimate of drug-likeness (QED) is 0.769. The highest BCUT2D eigenvalue weighted by atomic mass is 16.2. The van der Waals surface area contributed by atoms with E-state index >= 15 is 0 Å². The van der Waals surface area contributed by atoms with Gasteiger partial charge in [-0.2, -0.15) is 0 Å². The number of nitrogens with zero attached hydrogens (tertiary/aromatic N) is 1. The van der Waals surface area contributed by atoms with Gasteiger partial charge in [0.2, 0.25) is 11.8 Å². The third-order valence-corrected chi connectivity index (χ3v) is 4.71. The molecule has 1 heterocycles. The van der Waals surface area contributed by atoms with Crippen LogP contribution in [0, 0.1) is 11.8 Å². The van der Waals surface area contributed by atoms with E-state index in [-0.39, 0.29) is 17.9 Å². The van der Waals surface area contributed by atoms with E-state index in [1.807, 2.05) is 26.0 Å². The minimum atomic E-state index is -0.389. The highest BCUT2D eigenvalue weighted by molar-refractivity contribution is 5.88. The van der Waals surface area contributed by atoms with Gasteiger partial charge in [0, 0.05) is 25.9 Å². The van der Waals surface area contributed by atoms with Gasteiger partial charge in [-0.05, 0) is 35.8 Å². The maximum absolute atomic E-state index is 12.7. The third kappa shape index (κ3) is 5.58. The summed E-state index contributed by atoms with van der Waals surface area (Å²) in [5.74, 6) is 0.990. The van der Waals surface area contributed by atoms with Crippen molar-refractivity contribution in [3.8, 4) is 0 Å². The Kier molecular flexibility index (Phi) is 7.03. The van der Waals surface area contributed by atoms with Crippen molar-refractivity contribution < 1.29 is 9.59 Å². The molecule has 0 saturated heterocycles. The summed E-state index contributed by atoms with van der Waals surface area (Å²) < 4.78 is 0. The predicted octanol–water partition coefficient (Wildman–Crippen LogP) is 3.54.